The number of carbonyl (C=O) groups is 2. The molecule has 0 saturated carbocycles. The van der Waals surface area contributed by atoms with E-state index in [0.29, 0.717) is 17.7 Å². The second-order valence-electron chi connectivity index (χ2n) is 9.50. The maximum atomic E-state index is 14.4. The van der Waals surface area contributed by atoms with E-state index < -0.39 is 83.0 Å². The SMILES string of the molecule is O=C(NCc1c(F)cc(F)cc1F)c1cn2c(c(OCc3ccccc3)c1=O)C(=O)N1CC2CCC(F)(F)C1. The van der Waals surface area contributed by atoms with Gasteiger partial charge < -0.3 is 19.5 Å². The van der Waals surface area contributed by atoms with Crippen LogP contribution in [0.2, 0.25) is 0 Å². The van der Waals surface area contributed by atoms with E-state index in [0.717, 1.165) is 11.1 Å². The van der Waals surface area contributed by atoms with Crippen molar-refractivity contribution in [2.75, 3.05) is 13.1 Å². The lowest BCUT2D eigenvalue weighted by atomic mass is 10.0. The van der Waals surface area contributed by atoms with Crippen LogP contribution in [0.25, 0.3) is 0 Å². The first-order valence-corrected chi connectivity index (χ1v) is 12.1. The van der Waals surface area contributed by atoms with Crippen LogP contribution in [0.1, 0.15) is 50.9 Å². The first-order valence-electron chi connectivity index (χ1n) is 12.1. The van der Waals surface area contributed by atoms with Gasteiger partial charge >= 0.3 is 0 Å². The van der Waals surface area contributed by atoms with Crippen LogP contribution in [0.5, 0.6) is 5.75 Å². The summed E-state index contributed by atoms with van der Waals surface area (Å²) in [6, 6.07) is 8.86. The number of fused-ring (bicyclic) bond motifs is 4. The van der Waals surface area contributed by atoms with Crippen LogP contribution in [-0.4, -0.2) is 40.3 Å². The van der Waals surface area contributed by atoms with Crippen molar-refractivity contribution in [3.8, 4) is 5.75 Å². The zero-order valence-electron chi connectivity index (χ0n) is 20.4. The molecule has 0 aliphatic carbocycles. The minimum atomic E-state index is -3.14. The van der Waals surface area contributed by atoms with E-state index in [1.165, 1.54) is 4.57 Å². The van der Waals surface area contributed by atoms with Gasteiger partial charge in [0.05, 0.1) is 12.6 Å². The van der Waals surface area contributed by atoms with Crippen molar-refractivity contribution >= 4 is 11.8 Å². The summed E-state index contributed by atoms with van der Waals surface area (Å²) in [7, 11) is 0. The average molecular weight is 547 g/mol. The molecule has 204 valence electrons. The molecule has 7 nitrogen and oxygen atoms in total. The maximum Gasteiger partial charge on any atom is 0.274 e. The molecule has 0 spiro atoms. The van der Waals surface area contributed by atoms with Gasteiger partial charge in [0, 0.05) is 43.4 Å². The number of pyridine rings is 1. The van der Waals surface area contributed by atoms with Crippen molar-refractivity contribution in [1.82, 2.24) is 14.8 Å². The Morgan fingerprint density at radius 3 is 2.46 bits per heavy atom. The van der Waals surface area contributed by atoms with Crippen LogP contribution in [-0.2, 0) is 13.2 Å². The number of ether oxygens (including phenoxy) is 1. The number of nitrogens with one attached hydrogen (secondary N) is 1. The zero-order chi connectivity index (χ0) is 27.9. The highest BCUT2D eigenvalue weighted by Gasteiger charge is 2.44. The Hall–Kier alpha value is -4.22. The lowest BCUT2D eigenvalue weighted by Crippen LogP contribution is -2.47. The van der Waals surface area contributed by atoms with Crippen LogP contribution < -0.4 is 15.5 Å². The van der Waals surface area contributed by atoms with Crippen LogP contribution in [0.4, 0.5) is 22.0 Å². The van der Waals surface area contributed by atoms with Crippen molar-refractivity contribution in [2.24, 2.45) is 0 Å². The smallest absolute Gasteiger partial charge is 0.274 e. The molecule has 2 amide bonds. The van der Waals surface area contributed by atoms with E-state index in [9.17, 15) is 36.3 Å². The molecular weight excluding hydrogens is 525 g/mol. The van der Waals surface area contributed by atoms with Crippen molar-refractivity contribution in [1.29, 1.82) is 0 Å². The molecule has 3 aromatic rings. The normalized spacial score (nSPS) is 17.8. The number of nitrogens with zero attached hydrogens (tertiary/aromatic N) is 2. The Bertz CT molecular complexity index is 1490. The summed E-state index contributed by atoms with van der Waals surface area (Å²) < 4.78 is 77.1. The summed E-state index contributed by atoms with van der Waals surface area (Å²) in [6.45, 7) is -1.74. The van der Waals surface area contributed by atoms with Crippen molar-refractivity contribution < 1.29 is 36.3 Å². The second-order valence-corrected chi connectivity index (χ2v) is 9.50. The summed E-state index contributed by atoms with van der Waals surface area (Å²) in [5.41, 5.74) is -1.74. The summed E-state index contributed by atoms with van der Waals surface area (Å²) in [5.74, 6) is -9.11. The van der Waals surface area contributed by atoms with E-state index >= 15 is 0 Å². The fraction of sp³-hybridized carbons (Fsp3) is 0.296. The zero-order valence-corrected chi connectivity index (χ0v) is 20.4. The number of benzene rings is 2. The molecule has 1 aromatic heterocycles. The predicted octanol–water partition coefficient (Wildman–Crippen LogP) is 4.20. The molecule has 5 rings (SSSR count). The van der Waals surface area contributed by atoms with Crippen LogP contribution in [0.15, 0.2) is 53.5 Å². The van der Waals surface area contributed by atoms with Gasteiger partial charge in [0.2, 0.25) is 5.43 Å². The maximum absolute atomic E-state index is 14.4. The number of alkyl halides is 2. The van der Waals surface area contributed by atoms with Gasteiger partial charge in [0.15, 0.2) is 11.4 Å². The van der Waals surface area contributed by atoms with Crippen molar-refractivity contribution in [3.63, 3.8) is 0 Å². The first kappa shape index (κ1) is 26.4. The van der Waals surface area contributed by atoms with E-state index in [2.05, 4.69) is 5.32 Å². The van der Waals surface area contributed by atoms with Crippen molar-refractivity contribution in [3.05, 3.63) is 98.7 Å². The van der Waals surface area contributed by atoms with E-state index in [-0.39, 0.29) is 25.3 Å². The third kappa shape index (κ3) is 5.23. The molecule has 2 bridgehead atoms. The van der Waals surface area contributed by atoms with Crippen LogP contribution in [0.3, 0.4) is 0 Å². The molecule has 1 atom stereocenters. The van der Waals surface area contributed by atoms with Gasteiger partial charge in [-0.05, 0) is 12.0 Å². The monoisotopic (exact) mass is 547 g/mol. The number of hydrogen-bond acceptors (Lipinski definition) is 4. The van der Waals surface area contributed by atoms with Gasteiger partial charge in [-0.3, -0.25) is 14.4 Å². The molecule has 0 radical (unpaired) electrons. The molecule has 2 aliphatic heterocycles. The summed E-state index contributed by atoms with van der Waals surface area (Å²) in [6.07, 6.45) is 0.527. The molecule has 3 heterocycles. The fourth-order valence-corrected chi connectivity index (χ4v) is 4.81. The Kier molecular flexibility index (Phi) is 6.87. The number of hydrogen-bond donors (Lipinski definition) is 1. The van der Waals surface area contributed by atoms with Gasteiger partial charge in [-0.15, -0.1) is 0 Å². The van der Waals surface area contributed by atoms with Gasteiger partial charge in [0.25, 0.3) is 17.7 Å². The van der Waals surface area contributed by atoms with Gasteiger partial charge in [-0.25, -0.2) is 22.0 Å². The predicted molar refractivity (Wildman–Crippen MR) is 128 cm³/mol. The summed E-state index contributed by atoms with van der Waals surface area (Å²) in [4.78, 5) is 40.8. The quantitative estimate of drug-likeness (QED) is 0.470. The third-order valence-electron chi connectivity index (χ3n) is 6.77. The number of rotatable bonds is 6. The molecule has 1 fully saturated rings. The highest BCUT2D eigenvalue weighted by atomic mass is 19.3. The number of halogens is 5. The number of carbonyl (C=O) groups excluding carboxylic acids is 2. The Balaban J connectivity index is 1.54. The highest BCUT2D eigenvalue weighted by molar-refractivity contribution is 5.99. The van der Waals surface area contributed by atoms with Gasteiger partial charge in [-0.1, -0.05) is 30.3 Å². The van der Waals surface area contributed by atoms with E-state index in [1.807, 2.05) is 0 Å². The molecule has 12 heteroatoms. The molecule has 1 saturated heterocycles. The van der Waals surface area contributed by atoms with Crippen molar-refractivity contribution in [2.45, 2.75) is 38.0 Å². The van der Waals surface area contributed by atoms with Crippen LogP contribution >= 0.6 is 0 Å². The van der Waals surface area contributed by atoms with E-state index in [4.69, 9.17) is 4.74 Å². The number of aromatic nitrogens is 1. The Morgan fingerprint density at radius 1 is 1.08 bits per heavy atom. The molecule has 2 aliphatic rings. The fourth-order valence-electron chi connectivity index (χ4n) is 4.81. The molecule has 1 N–H and O–H groups in total. The highest BCUT2D eigenvalue weighted by Crippen LogP contribution is 2.37. The molecule has 39 heavy (non-hydrogen) atoms. The molecular formula is C27H22F5N3O4. The minimum absolute atomic E-state index is 0.0438. The van der Waals surface area contributed by atoms with Gasteiger partial charge in [0.1, 0.15) is 29.6 Å². The summed E-state index contributed by atoms with van der Waals surface area (Å²) >= 11 is 0. The van der Waals surface area contributed by atoms with E-state index in [1.54, 1.807) is 30.3 Å². The molecule has 1 unspecified atom stereocenters. The largest absolute Gasteiger partial charge is 0.483 e. The summed E-state index contributed by atoms with van der Waals surface area (Å²) in [5, 5.41) is 2.23. The van der Waals surface area contributed by atoms with Gasteiger partial charge in [-0.2, -0.15) is 0 Å². The standard InChI is InChI=1S/C27H22F5N3O4/c28-16-8-20(29)18(21(30)9-16)10-33-25(37)19-12-35-17-6-7-27(31,32)14-34(11-17)26(38)22(35)24(23(19)36)39-13-15-4-2-1-3-5-15/h1-5,8-9,12,17H,6-7,10-11,13-14H2,(H,33,37). The lowest BCUT2D eigenvalue weighted by Gasteiger charge is -2.35. The minimum Gasteiger partial charge on any atom is -0.483 e. The molecule has 2 aromatic carbocycles. The lowest BCUT2D eigenvalue weighted by molar-refractivity contribution is -0.0258. The van der Waals surface area contributed by atoms with Crippen LogP contribution in [0, 0.1) is 17.5 Å². The second kappa shape index (κ2) is 10.2. The average Bonchev–Trinajstić information content (AvgIpc) is 3.02. The number of amides is 2. The Morgan fingerprint density at radius 2 is 1.77 bits per heavy atom. The third-order valence-corrected chi connectivity index (χ3v) is 6.77. The first-order chi connectivity index (χ1) is 18.5. The topological polar surface area (TPSA) is 80.6 Å². The Labute approximate surface area is 218 Å².